The summed E-state index contributed by atoms with van der Waals surface area (Å²) < 4.78 is 6.79. The third-order valence-corrected chi connectivity index (χ3v) is 5.26. The summed E-state index contributed by atoms with van der Waals surface area (Å²) in [5.74, 6) is 1.33. The maximum absolute atomic E-state index is 11.4. The number of thiophene rings is 1. The van der Waals surface area contributed by atoms with E-state index in [0.29, 0.717) is 18.3 Å². The highest BCUT2D eigenvalue weighted by molar-refractivity contribution is 9.11. The third-order valence-electron chi connectivity index (χ3n) is 3.64. The van der Waals surface area contributed by atoms with Crippen molar-refractivity contribution in [2.45, 2.75) is 19.9 Å². The summed E-state index contributed by atoms with van der Waals surface area (Å²) in [5, 5.41) is 8.25. The van der Waals surface area contributed by atoms with Crippen LogP contribution in [0.2, 0.25) is 0 Å². The van der Waals surface area contributed by atoms with E-state index in [0.717, 1.165) is 41.3 Å². The second-order valence-electron chi connectivity index (χ2n) is 5.24. The lowest BCUT2D eigenvalue weighted by Gasteiger charge is -2.19. The van der Waals surface area contributed by atoms with Crippen molar-refractivity contribution in [1.29, 1.82) is 0 Å². The first-order chi connectivity index (χ1) is 10.6. The molecule has 0 saturated carbocycles. The van der Waals surface area contributed by atoms with Gasteiger partial charge in [-0.3, -0.25) is 9.69 Å². The molecule has 0 unspecified atom stereocenters. The van der Waals surface area contributed by atoms with Gasteiger partial charge in [-0.05, 0) is 34.5 Å². The van der Waals surface area contributed by atoms with Crippen LogP contribution in [0.1, 0.15) is 19.2 Å². The molecule has 1 saturated heterocycles. The molecule has 0 aromatic carbocycles. The van der Waals surface area contributed by atoms with Gasteiger partial charge < -0.3 is 9.32 Å². The minimum absolute atomic E-state index is 0.144. The molecule has 3 rings (SSSR count). The van der Waals surface area contributed by atoms with Crippen molar-refractivity contribution in [2.24, 2.45) is 0 Å². The molecule has 6 nitrogen and oxygen atoms in total. The van der Waals surface area contributed by atoms with Gasteiger partial charge in [-0.2, -0.15) is 0 Å². The summed E-state index contributed by atoms with van der Waals surface area (Å²) in [7, 11) is 0. The van der Waals surface area contributed by atoms with E-state index in [-0.39, 0.29) is 5.91 Å². The lowest BCUT2D eigenvalue weighted by molar-refractivity contribution is -0.128. The summed E-state index contributed by atoms with van der Waals surface area (Å²) in [4.78, 5) is 16.6. The Kier molecular flexibility index (Phi) is 4.90. The summed E-state index contributed by atoms with van der Waals surface area (Å²) in [6.07, 6.45) is 0.971. The van der Waals surface area contributed by atoms with Gasteiger partial charge in [0, 0.05) is 33.1 Å². The summed E-state index contributed by atoms with van der Waals surface area (Å²) in [6.45, 7) is 5.61. The summed E-state index contributed by atoms with van der Waals surface area (Å²) in [6, 6.07) is 3.93. The van der Waals surface area contributed by atoms with Gasteiger partial charge in [-0.15, -0.1) is 21.5 Å². The van der Waals surface area contributed by atoms with E-state index in [4.69, 9.17) is 4.42 Å². The monoisotopic (exact) mass is 384 g/mol. The van der Waals surface area contributed by atoms with E-state index in [1.165, 1.54) is 0 Å². The van der Waals surface area contributed by atoms with Crippen molar-refractivity contribution >= 4 is 33.2 Å². The van der Waals surface area contributed by atoms with Crippen LogP contribution < -0.4 is 0 Å². The number of amides is 1. The van der Waals surface area contributed by atoms with Gasteiger partial charge in [0.25, 0.3) is 5.89 Å². The van der Waals surface area contributed by atoms with Gasteiger partial charge >= 0.3 is 0 Å². The van der Waals surface area contributed by atoms with E-state index < -0.39 is 0 Å². The zero-order chi connectivity index (χ0) is 15.5. The molecule has 0 aliphatic carbocycles. The number of carbonyl (C=O) groups excluding carboxylic acids is 1. The molecule has 1 aliphatic rings. The maximum atomic E-state index is 11.4. The maximum Gasteiger partial charge on any atom is 0.257 e. The normalized spacial score (nSPS) is 16.7. The molecule has 8 heteroatoms. The van der Waals surface area contributed by atoms with Crippen LogP contribution in [0.25, 0.3) is 10.8 Å². The number of hydrogen-bond acceptors (Lipinski definition) is 6. The fourth-order valence-corrected chi connectivity index (χ4v) is 3.79. The quantitative estimate of drug-likeness (QED) is 0.813. The minimum Gasteiger partial charge on any atom is -0.419 e. The van der Waals surface area contributed by atoms with E-state index in [2.05, 4.69) is 31.0 Å². The highest BCUT2D eigenvalue weighted by Crippen LogP contribution is 2.30. The molecule has 0 atom stereocenters. The SMILES string of the molecule is CC(=O)N1CCCN(Cc2nnc(-c3ccc(Br)s3)o2)CC1. The molecule has 2 aromatic heterocycles. The summed E-state index contributed by atoms with van der Waals surface area (Å²) in [5.41, 5.74) is 0. The van der Waals surface area contributed by atoms with Crippen LogP contribution in [0.5, 0.6) is 0 Å². The average molecular weight is 385 g/mol. The molecule has 3 heterocycles. The molecular weight excluding hydrogens is 368 g/mol. The Bertz CT molecular complexity index is 657. The number of aromatic nitrogens is 2. The Morgan fingerprint density at radius 1 is 1.32 bits per heavy atom. The van der Waals surface area contributed by atoms with Crippen LogP contribution in [-0.4, -0.2) is 52.1 Å². The second kappa shape index (κ2) is 6.89. The van der Waals surface area contributed by atoms with Crippen molar-refractivity contribution in [2.75, 3.05) is 26.2 Å². The molecule has 0 spiro atoms. The Hall–Kier alpha value is -1.25. The van der Waals surface area contributed by atoms with Gasteiger partial charge in [0.15, 0.2) is 0 Å². The van der Waals surface area contributed by atoms with E-state index in [1.54, 1.807) is 18.3 Å². The lowest BCUT2D eigenvalue weighted by Crippen LogP contribution is -2.33. The van der Waals surface area contributed by atoms with Crippen molar-refractivity contribution in [3.63, 3.8) is 0 Å². The fraction of sp³-hybridized carbons (Fsp3) is 0.500. The van der Waals surface area contributed by atoms with E-state index in [1.807, 2.05) is 17.0 Å². The zero-order valence-electron chi connectivity index (χ0n) is 12.3. The molecule has 118 valence electrons. The largest absolute Gasteiger partial charge is 0.419 e. The molecule has 1 amide bonds. The van der Waals surface area contributed by atoms with Crippen LogP contribution in [0, 0.1) is 0 Å². The van der Waals surface area contributed by atoms with E-state index in [9.17, 15) is 4.79 Å². The molecule has 0 N–H and O–H groups in total. The van der Waals surface area contributed by atoms with Gasteiger partial charge in [0.2, 0.25) is 11.8 Å². The first kappa shape index (κ1) is 15.6. The minimum atomic E-state index is 0.144. The average Bonchev–Trinajstić information content (AvgIpc) is 3.03. The summed E-state index contributed by atoms with van der Waals surface area (Å²) >= 11 is 5.00. The van der Waals surface area contributed by atoms with Gasteiger partial charge in [-0.25, -0.2) is 0 Å². The van der Waals surface area contributed by atoms with Crippen LogP contribution in [0.3, 0.4) is 0 Å². The highest BCUT2D eigenvalue weighted by Gasteiger charge is 2.19. The number of rotatable bonds is 3. The Labute approximate surface area is 141 Å². The third kappa shape index (κ3) is 3.74. The van der Waals surface area contributed by atoms with Crippen LogP contribution in [-0.2, 0) is 11.3 Å². The van der Waals surface area contributed by atoms with Crippen LogP contribution in [0.4, 0.5) is 0 Å². The van der Waals surface area contributed by atoms with Gasteiger partial charge in [-0.1, -0.05) is 0 Å². The van der Waals surface area contributed by atoms with Crippen molar-refractivity contribution < 1.29 is 9.21 Å². The van der Waals surface area contributed by atoms with Crippen molar-refractivity contribution in [3.8, 4) is 10.8 Å². The van der Waals surface area contributed by atoms with E-state index >= 15 is 0 Å². The standard InChI is InChI=1S/C14H17BrN4O2S/c1-10(20)19-6-2-5-18(7-8-19)9-13-16-17-14(21-13)11-3-4-12(15)22-11/h3-4H,2,5-9H2,1H3. The number of halogens is 1. The van der Waals surface area contributed by atoms with Crippen LogP contribution in [0.15, 0.2) is 20.3 Å². The first-order valence-electron chi connectivity index (χ1n) is 7.18. The van der Waals surface area contributed by atoms with Crippen LogP contribution >= 0.6 is 27.3 Å². The zero-order valence-corrected chi connectivity index (χ0v) is 14.7. The lowest BCUT2D eigenvalue weighted by atomic mass is 10.4. The Balaban J connectivity index is 1.62. The second-order valence-corrected chi connectivity index (χ2v) is 7.70. The predicted octanol–water partition coefficient (Wildman–Crippen LogP) is 2.61. The Morgan fingerprint density at radius 2 is 2.18 bits per heavy atom. The molecule has 0 radical (unpaired) electrons. The number of hydrogen-bond donors (Lipinski definition) is 0. The predicted molar refractivity (Wildman–Crippen MR) is 87.5 cm³/mol. The molecule has 1 aliphatic heterocycles. The molecule has 2 aromatic rings. The molecule has 0 bridgehead atoms. The highest BCUT2D eigenvalue weighted by atomic mass is 79.9. The molecular formula is C14H17BrN4O2S. The topological polar surface area (TPSA) is 62.5 Å². The van der Waals surface area contributed by atoms with Gasteiger partial charge in [0.05, 0.1) is 15.2 Å². The first-order valence-corrected chi connectivity index (χ1v) is 8.79. The van der Waals surface area contributed by atoms with Gasteiger partial charge in [0.1, 0.15) is 0 Å². The van der Waals surface area contributed by atoms with Crippen molar-refractivity contribution in [1.82, 2.24) is 20.0 Å². The number of carbonyl (C=O) groups is 1. The number of nitrogens with zero attached hydrogens (tertiary/aromatic N) is 4. The van der Waals surface area contributed by atoms with Crippen molar-refractivity contribution in [3.05, 3.63) is 21.8 Å². The molecule has 1 fully saturated rings. The molecule has 22 heavy (non-hydrogen) atoms. The fourth-order valence-electron chi connectivity index (χ4n) is 2.48. The Morgan fingerprint density at radius 3 is 2.91 bits per heavy atom. The smallest absolute Gasteiger partial charge is 0.257 e.